The molecule has 90 valence electrons. The van der Waals surface area contributed by atoms with Crippen LogP contribution in [0.1, 0.15) is 6.92 Å². The summed E-state index contributed by atoms with van der Waals surface area (Å²) in [6, 6.07) is -0.0993. The molecule has 2 rings (SSSR count). The lowest BCUT2D eigenvalue weighted by Crippen LogP contribution is -2.44. The first-order valence-corrected chi connectivity index (χ1v) is 5.53. The van der Waals surface area contributed by atoms with Crippen LogP contribution in [-0.2, 0) is 4.79 Å². The fourth-order valence-corrected chi connectivity index (χ4v) is 2.45. The van der Waals surface area contributed by atoms with Crippen LogP contribution < -0.4 is 16.0 Å². The summed E-state index contributed by atoms with van der Waals surface area (Å²) in [5.74, 6) is 0.321. The van der Waals surface area contributed by atoms with Gasteiger partial charge in [-0.2, -0.15) is 0 Å². The van der Waals surface area contributed by atoms with Gasteiger partial charge in [0.05, 0.1) is 12.1 Å². The Morgan fingerprint density at radius 1 is 1.69 bits per heavy atom. The molecule has 2 heterocycles. The Morgan fingerprint density at radius 2 is 2.44 bits per heavy atom. The van der Waals surface area contributed by atoms with Gasteiger partial charge >= 0.3 is 6.03 Å². The molecule has 6 heteroatoms. The third-order valence-corrected chi connectivity index (χ3v) is 3.59. The summed E-state index contributed by atoms with van der Waals surface area (Å²) in [5.41, 5.74) is -0.392. The zero-order valence-electron chi connectivity index (χ0n) is 9.67. The molecule has 3 N–H and O–H groups in total. The van der Waals surface area contributed by atoms with Gasteiger partial charge in [0.25, 0.3) is 0 Å². The van der Waals surface area contributed by atoms with Crippen LogP contribution in [0, 0.1) is 11.3 Å². The van der Waals surface area contributed by atoms with Crippen molar-refractivity contribution in [3.63, 3.8) is 0 Å². The molecule has 6 nitrogen and oxygen atoms in total. The van der Waals surface area contributed by atoms with Gasteiger partial charge in [-0.25, -0.2) is 4.79 Å². The molecular formula is C10H18N4O2. The minimum absolute atomic E-state index is 0.0708. The molecule has 2 saturated heterocycles. The van der Waals surface area contributed by atoms with Crippen LogP contribution >= 0.6 is 0 Å². The molecule has 2 unspecified atom stereocenters. The molecule has 0 spiro atoms. The highest BCUT2D eigenvalue weighted by molar-refractivity contribution is 5.87. The highest BCUT2D eigenvalue weighted by Crippen LogP contribution is 2.39. The van der Waals surface area contributed by atoms with Gasteiger partial charge in [0.15, 0.2) is 0 Å². The third-order valence-electron chi connectivity index (χ3n) is 3.59. The first kappa shape index (κ1) is 11.2. The van der Waals surface area contributed by atoms with Crippen molar-refractivity contribution < 1.29 is 9.59 Å². The Balaban J connectivity index is 1.98. The van der Waals surface area contributed by atoms with Crippen molar-refractivity contribution in [2.24, 2.45) is 11.3 Å². The second-order valence-corrected chi connectivity index (χ2v) is 4.72. The number of urea groups is 1. The molecule has 0 aliphatic carbocycles. The van der Waals surface area contributed by atoms with Crippen LogP contribution in [-0.4, -0.2) is 50.2 Å². The van der Waals surface area contributed by atoms with Crippen LogP contribution in [0.2, 0.25) is 0 Å². The summed E-state index contributed by atoms with van der Waals surface area (Å²) in [4.78, 5) is 25.1. The zero-order chi connectivity index (χ0) is 11.8. The SMILES string of the molecule is CNCNC(=O)N1CC2CNC(=O)C2(C)C1. The minimum Gasteiger partial charge on any atom is -0.355 e. The van der Waals surface area contributed by atoms with Gasteiger partial charge in [-0.3, -0.25) is 4.79 Å². The molecule has 2 aliphatic rings. The van der Waals surface area contributed by atoms with Crippen LogP contribution in [0.25, 0.3) is 0 Å². The number of nitrogens with one attached hydrogen (secondary N) is 3. The van der Waals surface area contributed by atoms with E-state index in [9.17, 15) is 9.59 Å². The van der Waals surface area contributed by atoms with Crippen LogP contribution in [0.15, 0.2) is 0 Å². The topological polar surface area (TPSA) is 73.5 Å². The average Bonchev–Trinajstić information content (AvgIpc) is 2.72. The van der Waals surface area contributed by atoms with Crippen molar-refractivity contribution in [1.29, 1.82) is 0 Å². The first-order chi connectivity index (χ1) is 7.58. The van der Waals surface area contributed by atoms with Gasteiger partial charge < -0.3 is 20.9 Å². The van der Waals surface area contributed by atoms with Crippen molar-refractivity contribution in [2.45, 2.75) is 6.92 Å². The molecule has 16 heavy (non-hydrogen) atoms. The number of hydrogen-bond acceptors (Lipinski definition) is 3. The molecular weight excluding hydrogens is 208 g/mol. The van der Waals surface area contributed by atoms with E-state index in [1.165, 1.54) is 0 Å². The number of fused-ring (bicyclic) bond motifs is 1. The fourth-order valence-electron chi connectivity index (χ4n) is 2.45. The van der Waals surface area contributed by atoms with Gasteiger partial charge in [0.1, 0.15) is 0 Å². The molecule has 0 aromatic carbocycles. The van der Waals surface area contributed by atoms with E-state index in [1.54, 1.807) is 11.9 Å². The quantitative estimate of drug-likeness (QED) is 0.526. The van der Waals surface area contributed by atoms with Gasteiger partial charge in [-0.15, -0.1) is 0 Å². The summed E-state index contributed by atoms with van der Waals surface area (Å²) in [6.45, 7) is 4.24. The summed E-state index contributed by atoms with van der Waals surface area (Å²) in [7, 11) is 1.77. The fraction of sp³-hybridized carbons (Fsp3) is 0.800. The number of rotatable bonds is 2. The Kier molecular flexibility index (Phi) is 2.75. The van der Waals surface area contributed by atoms with Crippen LogP contribution in [0.5, 0.6) is 0 Å². The zero-order valence-corrected chi connectivity index (χ0v) is 9.67. The minimum atomic E-state index is -0.392. The monoisotopic (exact) mass is 226 g/mol. The number of carbonyl (C=O) groups excluding carboxylic acids is 2. The van der Waals surface area contributed by atoms with Gasteiger partial charge in [-0.05, 0) is 14.0 Å². The molecule has 2 atom stereocenters. The first-order valence-electron chi connectivity index (χ1n) is 5.53. The van der Waals surface area contributed by atoms with E-state index < -0.39 is 5.41 Å². The normalized spacial score (nSPS) is 32.5. The van der Waals surface area contributed by atoms with E-state index in [4.69, 9.17) is 0 Å². The van der Waals surface area contributed by atoms with E-state index in [-0.39, 0.29) is 17.9 Å². The molecule has 0 bridgehead atoms. The molecule has 0 aromatic heterocycles. The van der Waals surface area contributed by atoms with E-state index >= 15 is 0 Å². The van der Waals surface area contributed by atoms with Crippen LogP contribution in [0.3, 0.4) is 0 Å². The number of amides is 3. The van der Waals surface area contributed by atoms with Crippen molar-refractivity contribution in [1.82, 2.24) is 20.9 Å². The van der Waals surface area contributed by atoms with E-state index in [2.05, 4.69) is 16.0 Å². The van der Waals surface area contributed by atoms with Gasteiger partial charge in [-0.1, -0.05) is 0 Å². The summed E-state index contributed by atoms with van der Waals surface area (Å²) in [5, 5.41) is 8.45. The van der Waals surface area contributed by atoms with Crippen molar-refractivity contribution in [3.8, 4) is 0 Å². The third kappa shape index (κ3) is 1.63. The number of likely N-dealkylation sites (tertiary alicyclic amines) is 1. The van der Waals surface area contributed by atoms with Crippen LogP contribution in [0.4, 0.5) is 4.79 Å². The Bertz CT molecular complexity index is 320. The Labute approximate surface area is 94.7 Å². The highest BCUT2D eigenvalue weighted by atomic mass is 16.2. The molecule has 0 aromatic rings. The van der Waals surface area contributed by atoms with Gasteiger partial charge in [0.2, 0.25) is 5.91 Å². The maximum atomic E-state index is 11.7. The summed E-state index contributed by atoms with van der Waals surface area (Å²) in [6.07, 6.45) is 0. The van der Waals surface area contributed by atoms with E-state index in [1.807, 2.05) is 6.92 Å². The predicted octanol–water partition coefficient (Wildman–Crippen LogP) is -1.06. The molecule has 3 amide bonds. The average molecular weight is 226 g/mol. The van der Waals surface area contributed by atoms with Gasteiger partial charge in [0, 0.05) is 25.6 Å². The molecule has 0 saturated carbocycles. The lowest BCUT2D eigenvalue weighted by molar-refractivity contribution is -0.127. The largest absolute Gasteiger partial charge is 0.355 e. The molecule has 0 radical (unpaired) electrons. The Morgan fingerprint density at radius 3 is 3.06 bits per heavy atom. The van der Waals surface area contributed by atoms with Crippen molar-refractivity contribution in [2.75, 3.05) is 33.4 Å². The van der Waals surface area contributed by atoms with Crippen molar-refractivity contribution >= 4 is 11.9 Å². The summed E-state index contributed by atoms with van der Waals surface area (Å²) >= 11 is 0. The van der Waals surface area contributed by atoms with Crippen molar-refractivity contribution in [3.05, 3.63) is 0 Å². The number of carbonyl (C=O) groups is 2. The van der Waals surface area contributed by atoms with E-state index in [0.29, 0.717) is 26.3 Å². The second-order valence-electron chi connectivity index (χ2n) is 4.72. The van der Waals surface area contributed by atoms with E-state index in [0.717, 1.165) is 0 Å². The smallest absolute Gasteiger partial charge is 0.318 e. The molecule has 2 fully saturated rings. The Hall–Kier alpha value is -1.30. The highest BCUT2D eigenvalue weighted by Gasteiger charge is 2.53. The molecule has 2 aliphatic heterocycles. The lowest BCUT2D eigenvalue weighted by atomic mass is 9.83. The standard InChI is InChI=1S/C10H18N4O2/c1-10-5-14(9(16)13-6-11-2)4-7(10)3-12-8(10)15/h7,11H,3-6H2,1-2H3,(H,12,15)(H,13,16). The maximum Gasteiger partial charge on any atom is 0.318 e. The number of nitrogens with zero attached hydrogens (tertiary/aromatic N) is 1. The lowest BCUT2D eigenvalue weighted by Gasteiger charge is -2.21. The summed E-state index contributed by atoms with van der Waals surface area (Å²) < 4.78 is 0. The second kappa shape index (κ2) is 3.93. The maximum absolute atomic E-state index is 11.7. The predicted molar refractivity (Wildman–Crippen MR) is 58.6 cm³/mol. The number of hydrogen-bond donors (Lipinski definition) is 3.